The van der Waals surface area contributed by atoms with Crippen molar-refractivity contribution in [1.29, 1.82) is 0 Å². The normalized spacial score (nSPS) is 14.4. The largest absolute Gasteiger partial charge is 0.382 e. The fraction of sp³-hybridized carbons (Fsp3) is 0.190. The number of halogens is 3. The summed E-state index contributed by atoms with van der Waals surface area (Å²) in [5.74, 6) is -2.58. The number of aromatic nitrogens is 4. The predicted molar refractivity (Wildman–Crippen MR) is 101 cm³/mol. The molecule has 2 aromatic heterocycles. The van der Waals surface area contributed by atoms with Crippen molar-refractivity contribution in [3.05, 3.63) is 90.0 Å². The summed E-state index contributed by atoms with van der Waals surface area (Å²) in [6, 6.07) is 10.2. The van der Waals surface area contributed by atoms with Gasteiger partial charge in [-0.2, -0.15) is 5.10 Å². The Balaban J connectivity index is 1.74. The van der Waals surface area contributed by atoms with Crippen LogP contribution in [-0.2, 0) is 12.1 Å². The Bertz CT molecular complexity index is 1150. The van der Waals surface area contributed by atoms with Gasteiger partial charge in [0.05, 0.1) is 12.5 Å². The summed E-state index contributed by atoms with van der Waals surface area (Å²) in [6.07, 6.45) is 2.66. The van der Waals surface area contributed by atoms with Gasteiger partial charge in [0, 0.05) is 23.3 Å². The fourth-order valence-electron chi connectivity index (χ4n) is 3.34. The molecule has 2 atom stereocenters. The molecule has 0 amide bonds. The molecule has 0 unspecified atom stereocenters. The van der Waals surface area contributed by atoms with Crippen LogP contribution in [0, 0.1) is 17.5 Å². The van der Waals surface area contributed by atoms with E-state index in [1.165, 1.54) is 35.5 Å². The van der Waals surface area contributed by atoms with Crippen LogP contribution in [-0.4, -0.2) is 25.0 Å². The van der Waals surface area contributed by atoms with E-state index in [2.05, 4.69) is 15.2 Å². The first kappa shape index (κ1) is 19.8. The van der Waals surface area contributed by atoms with Crippen LogP contribution in [0.2, 0.25) is 0 Å². The molecule has 0 aliphatic rings. The maximum Gasteiger partial charge on any atom is 0.143 e. The minimum Gasteiger partial charge on any atom is -0.382 e. The number of nitrogens with zero attached hydrogens (tertiary/aromatic N) is 4. The maximum absolute atomic E-state index is 14.6. The van der Waals surface area contributed by atoms with Gasteiger partial charge in [-0.15, -0.1) is 0 Å². The van der Waals surface area contributed by atoms with Gasteiger partial charge >= 0.3 is 0 Å². The molecule has 0 aliphatic heterocycles. The van der Waals surface area contributed by atoms with Crippen LogP contribution in [0.1, 0.15) is 24.2 Å². The van der Waals surface area contributed by atoms with Crippen molar-refractivity contribution in [2.45, 2.75) is 25.0 Å². The van der Waals surface area contributed by atoms with E-state index in [0.717, 1.165) is 6.07 Å². The predicted octanol–water partition coefficient (Wildman–Crippen LogP) is 4.04. The third kappa shape index (κ3) is 3.71. The first-order valence-corrected chi connectivity index (χ1v) is 9.09. The first-order chi connectivity index (χ1) is 14.4. The van der Waals surface area contributed by atoms with Gasteiger partial charge in [-0.25, -0.2) is 22.8 Å². The third-order valence-corrected chi connectivity index (χ3v) is 5.08. The first-order valence-electron chi connectivity index (χ1n) is 9.09. The van der Waals surface area contributed by atoms with Crippen molar-refractivity contribution in [2.75, 3.05) is 0 Å². The smallest absolute Gasteiger partial charge is 0.143 e. The van der Waals surface area contributed by atoms with E-state index in [9.17, 15) is 18.3 Å². The van der Waals surface area contributed by atoms with E-state index < -0.39 is 23.2 Å². The average molecular weight is 414 g/mol. The Morgan fingerprint density at radius 1 is 1.07 bits per heavy atom. The molecule has 1 N–H and O–H groups in total. The van der Waals surface area contributed by atoms with Gasteiger partial charge in [0.1, 0.15) is 47.2 Å². The molecular formula is C21H17F3N4O2. The van der Waals surface area contributed by atoms with Gasteiger partial charge in [0.25, 0.3) is 0 Å². The number of hydrogen-bond acceptors (Lipinski definition) is 5. The van der Waals surface area contributed by atoms with Gasteiger partial charge in [0.2, 0.25) is 0 Å². The van der Waals surface area contributed by atoms with E-state index >= 15 is 0 Å². The minimum absolute atomic E-state index is 0.119. The molecule has 0 spiro atoms. The molecule has 0 saturated carbocycles. The van der Waals surface area contributed by atoms with Crippen LogP contribution in [0.5, 0.6) is 0 Å². The second kappa shape index (κ2) is 7.75. The van der Waals surface area contributed by atoms with Gasteiger partial charge in [-0.05, 0) is 30.3 Å². The van der Waals surface area contributed by atoms with Crippen molar-refractivity contribution >= 4 is 0 Å². The number of benzene rings is 2. The molecule has 0 aliphatic carbocycles. The van der Waals surface area contributed by atoms with Crippen molar-refractivity contribution in [2.24, 2.45) is 0 Å². The molecule has 2 aromatic carbocycles. The molecular weight excluding hydrogens is 397 g/mol. The highest BCUT2D eigenvalue weighted by atomic mass is 19.1. The van der Waals surface area contributed by atoms with Gasteiger partial charge in [-0.1, -0.05) is 18.1 Å². The molecule has 0 radical (unpaired) electrons. The lowest BCUT2D eigenvalue weighted by Gasteiger charge is -2.33. The van der Waals surface area contributed by atoms with Gasteiger partial charge in [0.15, 0.2) is 0 Å². The molecule has 6 nitrogen and oxygen atoms in total. The van der Waals surface area contributed by atoms with E-state index in [0.29, 0.717) is 17.3 Å². The second-order valence-corrected chi connectivity index (χ2v) is 6.98. The van der Waals surface area contributed by atoms with E-state index in [4.69, 9.17) is 4.52 Å². The maximum atomic E-state index is 14.6. The Morgan fingerprint density at radius 2 is 1.80 bits per heavy atom. The zero-order chi connectivity index (χ0) is 21.3. The standard InChI is InChI=1S/C21H17F3N4O2/c1-13(20-9-19(27-30-20)14-2-4-15(22)5-3-14)21(29,10-28-12-25-11-26-28)17-7-6-16(23)8-18(17)24/h2-9,11-13,29H,10H2,1H3/t13-,21+/m0/s1. The van der Waals surface area contributed by atoms with Crippen LogP contribution in [0.4, 0.5) is 13.2 Å². The number of aliphatic hydroxyl groups is 1. The zero-order valence-electron chi connectivity index (χ0n) is 15.8. The quantitative estimate of drug-likeness (QED) is 0.515. The number of rotatable bonds is 6. The SMILES string of the molecule is C[C@@H](c1cc(-c2ccc(F)cc2)no1)[C@](O)(Cn1cncn1)c1ccc(F)cc1F. The van der Waals surface area contributed by atoms with Crippen LogP contribution in [0.3, 0.4) is 0 Å². The van der Waals surface area contributed by atoms with Crippen LogP contribution in [0.25, 0.3) is 11.3 Å². The van der Waals surface area contributed by atoms with Gasteiger partial charge < -0.3 is 9.63 Å². The minimum atomic E-state index is -1.86. The van der Waals surface area contributed by atoms with Crippen molar-refractivity contribution < 1.29 is 22.8 Å². The molecule has 154 valence electrons. The highest BCUT2D eigenvalue weighted by Gasteiger charge is 2.42. The van der Waals surface area contributed by atoms with Crippen LogP contribution >= 0.6 is 0 Å². The summed E-state index contributed by atoms with van der Waals surface area (Å²) in [5.41, 5.74) is -0.928. The monoisotopic (exact) mass is 414 g/mol. The lowest BCUT2D eigenvalue weighted by atomic mass is 9.80. The Kier molecular flexibility index (Phi) is 5.13. The molecule has 2 heterocycles. The Labute approximate surface area is 169 Å². The highest BCUT2D eigenvalue weighted by molar-refractivity contribution is 5.58. The molecule has 30 heavy (non-hydrogen) atoms. The average Bonchev–Trinajstić information content (AvgIpc) is 3.40. The summed E-state index contributed by atoms with van der Waals surface area (Å²) in [4.78, 5) is 3.84. The summed E-state index contributed by atoms with van der Waals surface area (Å²) >= 11 is 0. The van der Waals surface area contributed by atoms with Crippen molar-refractivity contribution in [1.82, 2.24) is 19.9 Å². The van der Waals surface area contributed by atoms with Crippen LogP contribution in [0.15, 0.2) is 65.7 Å². The Morgan fingerprint density at radius 3 is 2.47 bits per heavy atom. The third-order valence-electron chi connectivity index (χ3n) is 5.08. The summed E-state index contributed by atoms with van der Waals surface area (Å²) in [5, 5.41) is 19.5. The van der Waals surface area contributed by atoms with E-state index in [1.54, 1.807) is 25.1 Å². The van der Waals surface area contributed by atoms with Crippen LogP contribution < -0.4 is 0 Å². The molecule has 0 bridgehead atoms. The highest BCUT2D eigenvalue weighted by Crippen LogP contribution is 2.40. The molecule has 0 fully saturated rings. The molecule has 4 rings (SSSR count). The van der Waals surface area contributed by atoms with E-state index in [-0.39, 0.29) is 23.7 Å². The Hall–Kier alpha value is -3.46. The lowest BCUT2D eigenvalue weighted by molar-refractivity contribution is -0.0181. The molecule has 9 heteroatoms. The van der Waals surface area contributed by atoms with E-state index in [1.807, 2.05) is 0 Å². The van der Waals surface area contributed by atoms with Gasteiger partial charge in [-0.3, -0.25) is 0 Å². The molecule has 4 aromatic rings. The lowest BCUT2D eigenvalue weighted by Crippen LogP contribution is -2.38. The fourth-order valence-corrected chi connectivity index (χ4v) is 3.34. The topological polar surface area (TPSA) is 77.0 Å². The summed E-state index contributed by atoms with van der Waals surface area (Å²) in [6.45, 7) is 1.47. The van der Waals surface area contributed by atoms with Crippen molar-refractivity contribution in [3.8, 4) is 11.3 Å². The zero-order valence-corrected chi connectivity index (χ0v) is 15.8. The van der Waals surface area contributed by atoms with Crippen molar-refractivity contribution in [3.63, 3.8) is 0 Å². The second-order valence-electron chi connectivity index (χ2n) is 6.98. The molecule has 0 saturated heterocycles. The number of hydrogen-bond donors (Lipinski definition) is 1. The summed E-state index contributed by atoms with van der Waals surface area (Å²) in [7, 11) is 0. The summed E-state index contributed by atoms with van der Waals surface area (Å²) < 4.78 is 48.0.